The standard InChI is InChI=1S/C29H26F4N4O3S/c30-22-9-15(27(38)39)10-23-25(22)35-28(41-23)37-17-7-8-18(37)12-16(11-17)34-13-20-24(36-40-26(20)14-5-6-14)19-3-1-2-4-21(19)29(31,32)33/h1-4,9-10,14,16-18,34H,5-8,11-13H2,(H,38,39). The quantitative estimate of drug-likeness (QED) is 0.226. The number of fused-ring (bicyclic) bond motifs is 3. The fourth-order valence-electron chi connectivity index (χ4n) is 6.42. The molecule has 2 aromatic heterocycles. The second kappa shape index (κ2) is 9.80. The van der Waals surface area contributed by atoms with Gasteiger partial charge in [-0.1, -0.05) is 34.7 Å². The lowest BCUT2D eigenvalue weighted by molar-refractivity contribution is -0.137. The van der Waals surface area contributed by atoms with E-state index in [0.717, 1.165) is 50.7 Å². The maximum atomic E-state index is 14.6. The third-order valence-electron chi connectivity index (χ3n) is 8.46. The van der Waals surface area contributed by atoms with Crippen LogP contribution < -0.4 is 10.2 Å². The zero-order chi connectivity index (χ0) is 28.5. The summed E-state index contributed by atoms with van der Waals surface area (Å²) in [5.74, 6) is -0.975. The number of halogens is 4. The second-order valence-corrected chi connectivity index (χ2v) is 12.1. The van der Waals surface area contributed by atoms with Crippen LogP contribution in [0.2, 0.25) is 0 Å². The van der Waals surface area contributed by atoms with Gasteiger partial charge in [0.05, 0.1) is 15.8 Å². The highest BCUT2D eigenvalue weighted by Gasteiger charge is 2.43. The number of rotatable bonds is 7. The Bertz CT molecular complexity index is 1630. The van der Waals surface area contributed by atoms with Gasteiger partial charge in [-0.3, -0.25) is 0 Å². The van der Waals surface area contributed by atoms with Gasteiger partial charge in [0.1, 0.15) is 17.0 Å². The van der Waals surface area contributed by atoms with Gasteiger partial charge in [0.15, 0.2) is 10.9 Å². The summed E-state index contributed by atoms with van der Waals surface area (Å²) in [6.07, 6.45) is 0.856. The van der Waals surface area contributed by atoms with Crippen LogP contribution in [0, 0.1) is 5.82 Å². The summed E-state index contributed by atoms with van der Waals surface area (Å²) in [4.78, 5) is 18.1. The lowest BCUT2D eigenvalue weighted by Crippen LogP contribution is -2.49. The molecule has 41 heavy (non-hydrogen) atoms. The van der Waals surface area contributed by atoms with Crippen LogP contribution in [0.5, 0.6) is 0 Å². The number of aromatic nitrogens is 2. The average molecular weight is 587 g/mol. The van der Waals surface area contributed by atoms with Crippen LogP contribution in [0.1, 0.15) is 71.7 Å². The van der Waals surface area contributed by atoms with E-state index in [1.165, 1.54) is 29.5 Å². The molecule has 2 bridgehead atoms. The SMILES string of the molecule is O=C(O)c1cc(F)c2nc(N3C4CCC3CC(NCc3c(-c5ccccc5C(F)(F)F)noc3C3CC3)C4)sc2c1. The maximum Gasteiger partial charge on any atom is 0.417 e. The fourth-order valence-corrected chi connectivity index (χ4v) is 7.58. The predicted octanol–water partition coefficient (Wildman–Crippen LogP) is 6.97. The number of carboxylic acid groups (broad SMARTS) is 1. The number of hydrogen-bond acceptors (Lipinski definition) is 7. The third-order valence-corrected chi connectivity index (χ3v) is 9.48. The smallest absolute Gasteiger partial charge is 0.417 e. The van der Waals surface area contributed by atoms with Crippen molar-refractivity contribution >= 4 is 32.7 Å². The molecule has 3 aliphatic rings. The van der Waals surface area contributed by atoms with E-state index in [0.29, 0.717) is 27.7 Å². The number of aromatic carboxylic acids is 1. The lowest BCUT2D eigenvalue weighted by Gasteiger charge is -2.39. The Kier molecular flexibility index (Phi) is 6.31. The minimum atomic E-state index is -4.51. The van der Waals surface area contributed by atoms with Gasteiger partial charge in [0, 0.05) is 41.7 Å². The van der Waals surface area contributed by atoms with E-state index in [9.17, 15) is 27.5 Å². The van der Waals surface area contributed by atoms with Crippen LogP contribution in [0.25, 0.3) is 21.5 Å². The lowest BCUT2D eigenvalue weighted by atomic mass is 9.96. The van der Waals surface area contributed by atoms with E-state index >= 15 is 0 Å². The predicted molar refractivity (Wildman–Crippen MR) is 145 cm³/mol. The van der Waals surface area contributed by atoms with Crippen molar-refractivity contribution in [3.05, 3.63) is 64.7 Å². The molecule has 3 fully saturated rings. The molecule has 0 radical (unpaired) electrons. The number of carboxylic acids is 1. The summed E-state index contributed by atoms with van der Waals surface area (Å²) >= 11 is 1.30. The van der Waals surface area contributed by atoms with Gasteiger partial charge in [0.25, 0.3) is 0 Å². The summed E-state index contributed by atoms with van der Waals surface area (Å²) in [6, 6.07) is 8.40. The number of piperidine rings is 1. The Hall–Kier alpha value is -3.51. The van der Waals surface area contributed by atoms with Crippen molar-refractivity contribution in [2.45, 2.75) is 75.3 Å². The molecule has 2 saturated heterocycles. The van der Waals surface area contributed by atoms with E-state index in [1.807, 2.05) is 0 Å². The molecule has 214 valence electrons. The van der Waals surface area contributed by atoms with Crippen LogP contribution in [-0.2, 0) is 12.7 Å². The number of carbonyl (C=O) groups is 1. The molecule has 4 aromatic rings. The van der Waals surface area contributed by atoms with Crippen molar-refractivity contribution in [1.82, 2.24) is 15.5 Å². The van der Waals surface area contributed by atoms with Crippen molar-refractivity contribution in [3.8, 4) is 11.3 Å². The summed E-state index contributed by atoms with van der Waals surface area (Å²) in [5, 5.41) is 17.7. The number of alkyl halides is 3. The topological polar surface area (TPSA) is 91.5 Å². The second-order valence-electron chi connectivity index (χ2n) is 11.1. The largest absolute Gasteiger partial charge is 0.478 e. The minimum Gasteiger partial charge on any atom is -0.478 e. The third kappa shape index (κ3) is 4.76. The van der Waals surface area contributed by atoms with Crippen LogP contribution >= 0.6 is 11.3 Å². The number of thiazole rings is 1. The van der Waals surface area contributed by atoms with Gasteiger partial charge < -0.3 is 19.8 Å². The molecule has 2 N–H and O–H groups in total. The van der Waals surface area contributed by atoms with E-state index in [4.69, 9.17) is 4.52 Å². The molecule has 2 unspecified atom stereocenters. The number of benzene rings is 2. The highest BCUT2D eigenvalue weighted by atomic mass is 32.1. The molecule has 12 heteroatoms. The Balaban J connectivity index is 1.11. The first-order chi connectivity index (χ1) is 19.7. The summed E-state index contributed by atoms with van der Waals surface area (Å²) in [6.45, 7) is 0.352. The van der Waals surface area contributed by atoms with Crippen LogP contribution in [-0.4, -0.2) is 39.3 Å². The van der Waals surface area contributed by atoms with Gasteiger partial charge in [-0.15, -0.1) is 0 Å². The molecular formula is C29H26F4N4O3S. The molecule has 0 spiro atoms. The van der Waals surface area contributed by atoms with Crippen molar-refractivity contribution in [1.29, 1.82) is 0 Å². The number of anilines is 1. The molecule has 2 aliphatic heterocycles. The van der Waals surface area contributed by atoms with Gasteiger partial charge in [-0.05, 0) is 56.7 Å². The maximum absolute atomic E-state index is 14.6. The van der Waals surface area contributed by atoms with Gasteiger partial charge in [0.2, 0.25) is 0 Å². The Morgan fingerprint density at radius 2 is 1.85 bits per heavy atom. The van der Waals surface area contributed by atoms with Gasteiger partial charge >= 0.3 is 12.1 Å². The Labute approximate surface area is 236 Å². The zero-order valence-corrected chi connectivity index (χ0v) is 22.6. The van der Waals surface area contributed by atoms with Crippen molar-refractivity contribution in [2.75, 3.05) is 4.90 Å². The molecule has 2 atom stereocenters. The first kappa shape index (κ1) is 26.4. The molecule has 1 saturated carbocycles. The first-order valence-electron chi connectivity index (χ1n) is 13.7. The molecule has 1 aliphatic carbocycles. The highest BCUT2D eigenvalue weighted by Crippen LogP contribution is 2.46. The monoisotopic (exact) mass is 586 g/mol. The summed E-state index contributed by atoms with van der Waals surface area (Å²) in [7, 11) is 0. The molecule has 2 aromatic carbocycles. The molecule has 0 amide bonds. The number of hydrogen-bond donors (Lipinski definition) is 2. The van der Waals surface area contributed by atoms with Crippen molar-refractivity contribution < 1.29 is 32.0 Å². The van der Waals surface area contributed by atoms with Crippen LogP contribution in [0.15, 0.2) is 40.9 Å². The molecule has 7 nitrogen and oxygen atoms in total. The summed E-state index contributed by atoms with van der Waals surface area (Å²) in [5.41, 5.74) is 0.302. The van der Waals surface area contributed by atoms with E-state index in [-0.39, 0.29) is 46.4 Å². The fraction of sp³-hybridized carbons (Fsp3) is 0.414. The van der Waals surface area contributed by atoms with Crippen LogP contribution in [0.4, 0.5) is 22.7 Å². The Morgan fingerprint density at radius 1 is 1.12 bits per heavy atom. The normalized spacial score (nSPS) is 22.5. The first-order valence-corrected chi connectivity index (χ1v) is 14.5. The molecule has 7 rings (SSSR count). The average Bonchev–Trinajstić information content (AvgIpc) is 3.44. The van der Waals surface area contributed by atoms with Crippen molar-refractivity contribution in [2.24, 2.45) is 0 Å². The van der Waals surface area contributed by atoms with E-state index in [2.05, 4.69) is 20.4 Å². The van der Waals surface area contributed by atoms with Crippen molar-refractivity contribution in [3.63, 3.8) is 0 Å². The summed E-state index contributed by atoms with van der Waals surface area (Å²) < 4.78 is 62.2. The molecular weight excluding hydrogens is 560 g/mol. The van der Waals surface area contributed by atoms with E-state index in [1.54, 1.807) is 6.07 Å². The molecule has 4 heterocycles. The zero-order valence-electron chi connectivity index (χ0n) is 21.7. The van der Waals surface area contributed by atoms with Gasteiger partial charge in [-0.2, -0.15) is 13.2 Å². The number of nitrogens with zero attached hydrogens (tertiary/aromatic N) is 3. The highest BCUT2D eigenvalue weighted by molar-refractivity contribution is 7.22. The van der Waals surface area contributed by atoms with Crippen LogP contribution in [0.3, 0.4) is 0 Å². The van der Waals surface area contributed by atoms with E-state index < -0.39 is 23.5 Å². The minimum absolute atomic E-state index is 0.0245. The Morgan fingerprint density at radius 3 is 2.54 bits per heavy atom. The number of nitrogens with one attached hydrogen (secondary N) is 1. The van der Waals surface area contributed by atoms with Gasteiger partial charge in [-0.25, -0.2) is 14.2 Å².